The molecule has 0 unspecified atom stereocenters. The second kappa shape index (κ2) is 10.0. The zero-order valence-electron chi connectivity index (χ0n) is 17.9. The number of aromatic nitrogens is 1. The number of nitrogens with zero attached hydrogens (tertiary/aromatic N) is 3. The van der Waals surface area contributed by atoms with Crippen molar-refractivity contribution in [2.75, 3.05) is 26.2 Å². The van der Waals surface area contributed by atoms with Crippen LogP contribution in [0, 0.1) is 5.82 Å². The summed E-state index contributed by atoms with van der Waals surface area (Å²) in [5.41, 5.74) is 2.65. The number of benzene rings is 1. The van der Waals surface area contributed by atoms with E-state index in [1.807, 2.05) is 21.9 Å². The van der Waals surface area contributed by atoms with Crippen LogP contribution in [0.15, 0.2) is 42.6 Å². The van der Waals surface area contributed by atoms with Gasteiger partial charge in [-0.2, -0.15) is 0 Å². The number of carbonyl (C=O) groups excluding carboxylic acids is 2. The lowest BCUT2D eigenvalue weighted by atomic mass is 9.92. The molecule has 0 radical (unpaired) electrons. The third-order valence-electron chi connectivity index (χ3n) is 6.48. The van der Waals surface area contributed by atoms with Crippen molar-refractivity contribution in [2.45, 2.75) is 50.9 Å². The van der Waals surface area contributed by atoms with Crippen molar-refractivity contribution in [3.05, 3.63) is 65.2 Å². The third kappa shape index (κ3) is 5.49. The minimum absolute atomic E-state index is 0.0836. The lowest BCUT2D eigenvalue weighted by molar-refractivity contribution is -0.132. The Morgan fingerprint density at radius 1 is 0.903 bits per heavy atom. The predicted molar refractivity (Wildman–Crippen MR) is 117 cm³/mol. The van der Waals surface area contributed by atoms with Crippen LogP contribution in [0.2, 0.25) is 0 Å². The van der Waals surface area contributed by atoms with E-state index in [0.717, 1.165) is 63.1 Å². The SMILES string of the molecule is O=C(CCc1ccc(F)cc1)N1CCC(c2ccc(C(=O)N3CCCCC3)cn2)CC1. The first-order valence-corrected chi connectivity index (χ1v) is 11.4. The van der Waals surface area contributed by atoms with Crippen LogP contribution in [0.4, 0.5) is 4.39 Å². The molecule has 164 valence electrons. The van der Waals surface area contributed by atoms with E-state index in [9.17, 15) is 14.0 Å². The summed E-state index contributed by atoms with van der Waals surface area (Å²) < 4.78 is 13.0. The Kier molecular flexibility index (Phi) is 6.95. The van der Waals surface area contributed by atoms with Crippen LogP contribution in [-0.2, 0) is 11.2 Å². The van der Waals surface area contributed by atoms with Crippen LogP contribution >= 0.6 is 0 Å². The van der Waals surface area contributed by atoms with Crippen molar-refractivity contribution in [2.24, 2.45) is 0 Å². The second-order valence-electron chi connectivity index (χ2n) is 8.61. The normalized spacial score (nSPS) is 17.6. The molecule has 2 aliphatic rings. The quantitative estimate of drug-likeness (QED) is 0.725. The van der Waals surface area contributed by atoms with Crippen molar-refractivity contribution < 1.29 is 14.0 Å². The van der Waals surface area contributed by atoms with Gasteiger partial charge in [-0.25, -0.2) is 4.39 Å². The fourth-order valence-corrected chi connectivity index (χ4v) is 4.54. The zero-order chi connectivity index (χ0) is 21.6. The molecular formula is C25H30FN3O2. The average Bonchev–Trinajstić information content (AvgIpc) is 2.84. The van der Waals surface area contributed by atoms with Crippen LogP contribution in [0.3, 0.4) is 0 Å². The maximum atomic E-state index is 13.0. The highest BCUT2D eigenvalue weighted by atomic mass is 19.1. The van der Waals surface area contributed by atoms with Crippen molar-refractivity contribution in [1.82, 2.24) is 14.8 Å². The van der Waals surface area contributed by atoms with Gasteiger partial charge in [-0.1, -0.05) is 12.1 Å². The molecule has 4 rings (SSSR count). The van der Waals surface area contributed by atoms with Crippen molar-refractivity contribution in [3.63, 3.8) is 0 Å². The van der Waals surface area contributed by atoms with Crippen LogP contribution in [0.1, 0.15) is 66.1 Å². The minimum Gasteiger partial charge on any atom is -0.343 e. The molecule has 2 amide bonds. The van der Waals surface area contributed by atoms with E-state index in [4.69, 9.17) is 0 Å². The summed E-state index contributed by atoms with van der Waals surface area (Å²) in [5, 5.41) is 0. The first-order chi connectivity index (χ1) is 15.1. The number of piperidine rings is 2. The number of rotatable bonds is 5. The number of carbonyl (C=O) groups is 2. The number of halogens is 1. The van der Waals surface area contributed by atoms with Crippen LogP contribution in [0.5, 0.6) is 0 Å². The van der Waals surface area contributed by atoms with E-state index in [0.29, 0.717) is 24.3 Å². The zero-order valence-corrected chi connectivity index (χ0v) is 17.9. The molecule has 2 fully saturated rings. The van der Waals surface area contributed by atoms with E-state index in [-0.39, 0.29) is 17.6 Å². The monoisotopic (exact) mass is 423 g/mol. The number of hydrogen-bond acceptors (Lipinski definition) is 3. The molecule has 1 aromatic heterocycles. The summed E-state index contributed by atoms with van der Waals surface area (Å²) in [7, 11) is 0. The number of hydrogen-bond donors (Lipinski definition) is 0. The van der Waals surface area contributed by atoms with Gasteiger partial charge in [-0.15, -0.1) is 0 Å². The second-order valence-corrected chi connectivity index (χ2v) is 8.61. The summed E-state index contributed by atoms with van der Waals surface area (Å²) in [4.78, 5) is 33.6. The Bertz CT molecular complexity index is 884. The molecule has 0 atom stereocenters. The molecule has 2 saturated heterocycles. The summed E-state index contributed by atoms with van der Waals surface area (Å²) >= 11 is 0. The van der Waals surface area contributed by atoms with Crippen LogP contribution in [-0.4, -0.2) is 52.8 Å². The Balaban J connectivity index is 1.25. The molecule has 2 aromatic rings. The van der Waals surface area contributed by atoms with E-state index in [1.165, 1.54) is 18.6 Å². The maximum Gasteiger partial charge on any atom is 0.255 e. The Morgan fingerprint density at radius 2 is 1.61 bits per heavy atom. The maximum absolute atomic E-state index is 13.0. The van der Waals surface area contributed by atoms with Crippen molar-refractivity contribution in [1.29, 1.82) is 0 Å². The fourth-order valence-electron chi connectivity index (χ4n) is 4.54. The van der Waals surface area contributed by atoms with Crippen molar-refractivity contribution in [3.8, 4) is 0 Å². The lowest BCUT2D eigenvalue weighted by Gasteiger charge is -2.32. The number of likely N-dealkylation sites (tertiary alicyclic amines) is 2. The Hall–Kier alpha value is -2.76. The predicted octanol–water partition coefficient (Wildman–Crippen LogP) is 4.19. The van der Waals surface area contributed by atoms with Gasteiger partial charge in [0.1, 0.15) is 5.82 Å². The highest BCUT2D eigenvalue weighted by molar-refractivity contribution is 5.94. The molecule has 1 aromatic carbocycles. The smallest absolute Gasteiger partial charge is 0.255 e. The van der Waals surface area contributed by atoms with Crippen LogP contribution in [0.25, 0.3) is 0 Å². The van der Waals surface area contributed by atoms with Gasteiger partial charge in [0.05, 0.1) is 5.56 Å². The van der Waals surface area contributed by atoms with E-state index in [1.54, 1.807) is 18.3 Å². The van der Waals surface area contributed by atoms with E-state index >= 15 is 0 Å². The summed E-state index contributed by atoms with van der Waals surface area (Å²) in [6, 6.07) is 10.2. The molecule has 0 bridgehead atoms. The molecular weight excluding hydrogens is 393 g/mol. The first-order valence-electron chi connectivity index (χ1n) is 11.4. The molecule has 3 heterocycles. The molecule has 0 aliphatic carbocycles. The van der Waals surface area contributed by atoms with Crippen molar-refractivity contribution >= 4 is 11.8 Å². The number of pyridine rings is 1. The summed E-state index contributed by atoms with van der Waals surface area (Å²) in [6.45, 7) is 3.13. The highest BCUT2D eigenvalue weighted by Crippen LogP contribution is 2.27. The highest BCUT2D eigenvalue weighted by Gasteiger charge is 2.25. The summed E-state index contributed by atoms with van der Waals surface area (Å²) in [5.74, 6) is 0.300. The topological polar surface area (TPSA) is 53.5 Å². The molecule has 0 N–H and O–H groups in total. The summed E-state index contributed by atoms with van der Waals surface area (Å²) in [6.07, 6.45) is 7.93. The van der Waals surface area contributed by atoms with Gasteiger partial charge in [-0.05, 0) is 68.4 Å². The van der Waals surface area contributed by atoms with Gasteiger partial charge in [-0.3, -0.25) is 14.6 Å². The minimum atomic E-state index is -0.255. The van der Waals surface area contributed by atoms with Gasteiger partial charge < -0.3 is 9.80 Å². The van der Waals surface area contributed by atoms with E-state index in [2.05, 4.69) is 4.98 Å². The molecule has 0 spiro atoms. The third-order valence-corrected chi connectivity index (χ3v) is 6.48. The molecule has 6 heteroatoms. The van der Waals surface area contributed by atoms with Gasteiger partial charge in [0.25, 0.3) is 5.91 Å². The average molecular weight is 424 g/mol. The van der Waals surface area contributed by atoms with E-state index < -0.39 is 0 Å². The Labute approximate surface area is 183 Å². The number of aryl methyl sites for hydroxylation is 1. The van der Waals surface area contributed by atoms with Gasteiger partial charge in [0, 0.05) is 50.4 Å². The molecule has 31 heavy (non-hydrogen) atoms. The number of amides is 2. The van der Waals surface area contributed by atoms with Gasteiger partial charge in [0.15, 0.2) is 0 Å². The fraction of sp³-hybridized carbons (Fsp3) is 0.480. The lowest BCUT2D eigenvalue weighted by Crippen LogP contribution is -2.38. The molecule has 5 nitrogen and oxygen atoms in total. The van der Waals surface area contributed by atoms with Gasteiger partial charge in [0.2, 0.25) is 5.91 Å². The standard InChI is InChI=1S/C25H30FN3O2/c26-22-8-4-19(5-9-22)6-11-24(30)28-16-12-20(13-17-28)23-10-7-21(18-27-23)25(31)29-14-2-1-3-15-29/h4-5,7-10,18,20H,1-3,6,11-17H2. The Morgan fingerprint density at radius 3 is 2.26 bits per heavy atom. The molecule has 0 saturated carbocycles. The van der Waals surface area contributed by atoms with Crippen LogP contribution < -0.4 is 0 Å². The molecule has 2 aliphatic heterocycles. The largest absolute Gasteiger partial charge is 0.343 e. The van der Waals surface area contributed by atoms with Gasteiger partial charge >= 0.3 is 0 Å². The first kappa shape index (κ1) is 21.5.